The fourth-order valence-electron chi connectivity index (χ4n) is 2.14. The lowest BCUT2D eigenvalue weighted by Gasteiger charge is -2.24. The average Bonchev–Trinajstić information content (AvgIpc) is 2.62. The second kappa shape index (κ2) is 9.02. The first-order valence-electron chi connectivity index (χ1n) is 7.28. The molecule has 1 aromatic heterocycles. The van der Waals surface area contributed by atoms with E-state index in [4.69, 9.17) is 0 Å². The number of ether oxygens (including phenoxy) is 1. The second-order valence-electron chi connectivity index (χ2n) is 5.10. The number of carbonyl (C=O) groups excluding carboxylic acids is 1. The van der Waals surface area contributed by atoms with Crippen molar-refractivity contribution in [3.8, 4) is 0 Å². The van der Waals surface area contributed by atoms with Gasteiger partial charge in [0.15, 0.2) is 11.5 Å². The first-order valence-corrected chi connectivity index (χ1v) is 10.5. The molecule has 0 aliphatic carbocycles. The molecule has 0 unspecified atom stereocenters. The summed E-state index contributed by atoms with van der Waals surface area (Å²) in [6.45, 7) is -1.19. The molecule has 146 valence electrons. The summed E-state index contributed by atoms with van der Waals surface area (Å²) in [5.41, 5.74) is -0.143. The van der Waals surface area contributed by atoms with E-state index in [9.17, 15) is 22.0 Å². The maximum Gasteiger partial charge on any atom is 0.360 e. The van der Waals surface area contributed by atoms with Gasteiger partial charge in [0.25, 0.3) is 6.43 Å². The number of nitrogens with zero attached hydrogens (tertiary/aromatic N) is 3. The Labute approximate surface area is 171 Å². The van der Waals surface area contributed by atoms with Gasteiger partial charge in [0.1, 0.15) is 0 Å². The zero-order valence-corrected chi connectivity index (χ0v) is 17.8. The van der Waals surface area contributed by atoms with Crippen LogP contribution in [0.2, 0.25) is 0 Å². The van der Waals surface area contributed by atoms with Crippen LogP contribution in [0, 0.1) is 0 Å². The van der Waals surface area contributed by atoms with Crippen molar-refractivity contribution in [3.05, 3.63) is 50.8 Å². The minimum atomic E-state index is -4.35. The third-order valence-corrected chi connectivity index (χ3v) is 6.45. The molecule has 0 aliphatic rings. The first-order chi connectivity index (χ1) is 12.7. The van der Waals surface area contributed by atoms with E-state index in [-0.39, 0.29) is 0 Å². The summed E-state index contributed by atoms with van der Waals surface area (Å²) in [5, 5.41) is 0. The molecule has 0 saturated carbocycles. The molecule has 0 atom stereocenters. The molecule has 0 amide bonds. The number of rotatable bonds is 7. The predicted octanol–water partition coefficient (Wildman–Crippen LogP) is 3.39. The SMILES string of the molecule is COC(=O)c1nccnc1N(CC(F)F)S(=O)(=O)Cc1c(Br)cccc1Br. The van der Waals surface area contributed by atoms with E-state index in [2.05, 4.69) is 46.6 Å². The van der Waals surface area contributed by atoms with Crippen molar-refractivity contribution in [2.45, 2.75) is 12.2 Å². The van der Waals surface area contributed by atoms with Crippen molar-refractivity contribution in [1.82, 2.24) is 9.97 Å². The van der Waals surface area contributed by atoms with Gasteiger partial charge in [0.05, 0.1) is 19.4 Å². The van der Waals surface area contributed by atoms with Gasteiger partial charge < -0.3 is 4.74 Å². The van der Waals surface area contributed by atoms with Crippen molar-refractivity contribution >= 4 is 53.7 Å². The second-order valence-corrected chi connectivity index (χ2v) is 8.70. The minimum absolute atomic E-state index is 0.334. The molecule has 7 nitrogen and oxygen atoms in total. The number of anilines is 1. The summed E-state index contributed by atoms with van der Waals surface area (Å²) in [7, 11) is -3.29. The lowest BCUT2D eigenvalue weighted by atomic mass is 10.2. The van der Waals surface area contributed by atoms with Crippen LogP contribution in [-0.4, -0.2) is 44.4 Å². The number of esters is 1. The molecule has 0 fully saturated rings. The zero-order chi connectivity index (χ0) is 20.2. The van der Waals surface area contributed by atoms with Crippen molar-refractivity contribution in [2.24, 2.45) is 0 Å². The Morgan fingerprint density at radius 3 is 2.37 bits per heavy atom. The highest BCUT2D eigenvalue weighted by Crippen LogP contribution is 2.30. The van der Waals surface area contributed by atoms with E-state index < -0.39 is 46.2 Å². The Balaban J connectivity index is 2.55. The highest BCUT2D eigenvalue weighted by atomic mass is 79.9. The van der Waals surface area contributed by atoms with Gasteiger partial charge in [-0.3, -0.25) is 0 Å². The molecule has 0 radical (unpaired) electrons. The van der Waals surface area contributed by atoms with Crippen LogP contribution < -0.4 is 4.31 Å². The number of methoxy groups -OCH3 is 1. The van der Waals surface area contributed by atoms with Gasteiger partial charge in [-0.1, -0.05) is 37.9 Å². The largest absolute Gasteiger partial charge is 0.464 e. The fourth-order valence-corrected chi connectivity index (χ4v) is 5.36. The van der Waals surface area contributed by atoms with Crippen molar-refractivity contribution in [2.75, 3.05) is 18.0 Å². The van der Waals surface area contributed by atoms with Gasteiger partial charge in [-0.05, 0) is 17.7 Å². The van der Waals surface area contributed by atoms with Crippen molar-refractivity contribution in [3.63, 3.8) is 0 Å². The van der Waals surface area contributed by atoms with E-state index in [1.165, 1.54) is 0 Å². The quantitative estimate of drug-likeness (QED) is 0.512. The third kappa shape index (κ3) is 5.20. The third-order valence-electron chi connectivity index (χ3n) is 3.32. The van der Waals surface area contributed by atoms with Crippen LogP contribution in [0.1, 0.15) is 16.1 Å². The topological polar surface area (TPSA) is 89.5 Å². The number of halogens is 4. The number of hydrogen-bond acceptors (Lipinski definition) is 6. The Hall–Kier alpha value is -1.66. The lowest BCUT2D eigenvalue weighted by molar-refractivity contribution is 0.0594. The van der Waals surface area contributed by atoms with Gasteiger partial charge in [0.2, 0.25) is 10.0 Å². The molecule has 0 aliphatic heterocycles. The van der Waals surface area contributed by atoms with E-state index >= 15 is 0 Å². The summed E-state index contributed by atoms with van der Waals surface area (Å²) >= 11 is 6.48. The normalized spacial score (nSPS) is 11.5. The standard InChI is InChI=1S/C15H13Br2F2N3O4S/c1-26-15(23)13-14(21-6-5-20-13)22(7-12(18)19)27(24,25)8-9-10(16)3-2-4-11(9)17/h2-6,12H,7-8H2,1H3. The molecule has 0 bridgehead atoms. The molecular weight excluding hydrogens is 516 g/mol. The van der Waals surface area contributed by atoms with Crippen LogP contribution in [0.5, 0.6) is 0 Å². The summed E-state index contributed by atoms with van der Waals surface area (Å²) in [4.78, 5) is 19.4. The smallest absolute Gasteiger partial charge is 0.360 e. The predicted molar refractivity (Wildman–Crippen MR) is 101 cm³/mol. The van der Waals surface area contributed by atoms with Crippen LogP contribution in [-0.2, 0) is 20.5 Å². The molecule has 27 heavy (non-hydrogen) atoms. The maximum absolute atomic E-state index is 13.1. The van der Waals surface area contributed by atoms with Gasteiger partial charge >= 0.3 is 5.97 Å². The average molecular weight is 529 g/mol. The highest BCUT2D eigenvalue weighted by Gasteiger charge is 2.32. The molecule has 0 N–H and O–H groups in total. The number of alkyl halides is 2. The minimum Gasteiger partial charge on any atom is -0.464 e. The maximum atomic E-state index is 13.1. The van der Waals surface area contributed by atoms with Gasteiger partial charge in [-0.2, -0.15) is 0 Å². The summed E-state index contributed by atoms with van der Waals surface area (Å²) in [6.07, 6.45) is -0.771. The summed E-state index contributed by atoms with van der Waals surface area (Å²) in [6, 6.07) is 4.92. The number of aromatic nitrogens is 2. The van der Waals surface area contributed by atoms with Gasteiger partial charge in [0, 0.05) is 21.3 Å². The van der Waals surface area contributed by atoms with Gasteiger partial charge in [-0.15, -0.1) is 0 Å². The number of carbonyl (C=O) groups is 1. The highest BCUT2D eigenvalue weighted by molar-refractivity contribution is 9.11. The van der Waals surface area contributed by atoms with E-state index in [0.717, 1.165) is 19.5 Å². The van der Waals surface area contributed by atoms with E-state index in [1.54, 1.807) is 18.2 Å². The molecule has 1 heterocycles. The number of benzene rings is 1. The lowest BCUT2D eigenvalue weighted by Crippen LogP contribution is -2.38. The van der Waals surface area contributed by atoms with E-state index in [1.807, 2.05) is 0 Å². The van der Waals surface area contributed by atoms with Gasteiger partial charge in [-0.25, -0.2) is 36.3 Å². The Kier molecular flexibility index (Phi) is 7.23. The van der Waals surface area contributed by atoms with Crippen LogP contribution in [0.25, 0.3) is 0 Å². The van der Waals surface area contributed by atoms with E-state index in [0.29, 0.717) is 18.8 Å². The van der Waals surface area contributed by atoms with Crippen molar-refractivity contribution < 1.29 is 26.7 Å². The number of hydrogen-bond donors (Lipinski definition) is 0. The van der Waals surface area contributed by atoms with Crippen LogP contribution in [0.15, 0.2) is 39.5 Å². The number of sulfonamides is 1. The first kappa shape index (κ1) is 21.6. The molecule has 1 aromatic carbocycles. The van der Waals surface area contributed by atoms with Crippen LogP contribution >= 0.6 is 31.9 Å². The molecule has 12 heteroatoms. The summed E-state index contributed by atoms with van der Waals surface area (Å²) < 4.78 is 58.0. The Bertz CT molecular complexity index is 924. The van der Waals surface area contributed by atoms with Crippen molar-refractivity contribution in [1.29, 1.82) is 0 Å². The molecular formula is C15H13Br2F2N3O4S. The fraction of sp³-hybridized carbons (Fsp3) is 0.267. The zero-order valence-electron chi connectivity index (χ0n) is 13.8. The molecule has 0 saturated heterocycles. The van der Waals surface area contributed by atoms with Crippen LogP contribution in [0.3, 0.4) is 0 Å². The molecule has 2 rings (SSSR count). The Morgan fingerprint density at radius 1 is 1.22 bits per heavy atom. The molecule has 0 spiro atoms. The molecule has 2 aromatic rings. The Morgan fingerprint density at radius 2 is 1.81 bits per heavy atom. The van der Waals surface area contributed by atoms with Crippen LogP contribution in [0.4, 0.5) is 14.6 Å². The summed E-state index contributed by atoms with van der Waals surface area (Å²) in [5.74, 6) is -2.12. The monoisotopic (exact) mass is 527 g/mol.